The van der Waals surface area contributed by atoms with Gasteiger partial charge in [0.2, 0.25) is 17.0 Å². The number of tetrazole rings is 1. The van der Waals surface area contributed by atoms with Gasteiger partial charge in [-0.1, -0.05) is 30.0 Å². The van der Waals surface area contributed by atoms with E-state index in [0.29, 0.717) is 29.5 Å². The number of amides is 2. The summed E-state index contributed by atoms with van der Waals surface area (Å²) in [6.07, 6.45) is 0.615. The molecule has 3 rings (SSSR count). The maximum atomic E-state index is 12.9. The van der Waals surface area contributed by atoms with Crippen molar-refractivity contribution in [3.05, 3.63) is 59.9 Å². The van der Waals surface area contributed by atoms with E-state index in [9.17, 15) is 14.0 Å². The zero-order chi connectivity index (χ0) is 20.6. The first-order valence-corrected chi connectivity index (χ1v) is 9.80. The summed E-state index contributed by atoms with van der Waals surface area (Å²) < 4.78 is 14.4. The number of benzene rings is 2. The Kier molecular flexibility index (Phi) is 6.90. The van der Waals surface area contributed by atoms with Crippen molar-refractivity contribution in [3.63, 3.8) is 0 Å². The standard InChI is InChI=1S/C19H19FN6O2S/c1-13(27)22-16-3-2-4-17(11-16)26-19(23-24-25-26)29-12-18(28)21-10-9-14-5-7-15(20)8-6-14/h2-8,11H,9-10,12H2,1H3,(H,21,28)(H,22,27). The average molecular weight is 414 g/mol. The molecule has 2 amide bonds. The lowest BCUT2D eigenvalue weighted by atomic mass is 10.1. The Hall–Kier alpha value is -3.27. The molecule has 0 atom stereocenters. The number of halogens is 1. The van der Waals surface area contributed by atoms with E-state index >= 15 is 0 Å². The van der Waals surface area contributed by atoms with Gasteiger partial charge in [0, 0.05) is 19.2 Å². The Morgan fingerprint density at radius 1 is 1.17 bits per heavy atom. The summed E-state index contributed by atoms with van der Waals surface area (Å²) in [5, 5.41) is 17.6. The molecular weight excluding hydrogens is 395 g/mol. The van der Waals surface area contributed by atoms with Crippen LogP contribution in [0.15, 0.2) is 53.7 Å². The molecule has 0 spiro atoms. The third-order valence-corrected chi connectivity index (χ3v) is 4.75. The first-order chi connectivity index (χ1) is 14.0. The molecule has 0 radical (unpaired) electrons. The normalized spacial score (nSPS) is 10.6. The summed E-state index contributed by atoms with van der Waals surface area (Å²) in [6.45, 7) is 1.88. The Labute approximate surface area is 170 Å². The van der Waals surface area contributed by atoms with Gasteiger partial charge in [0.05, 0.1) is 11.4 Å². The molecule has 0 saturated carbocycles. The van der Waals surface area contributed by atoms with Crippen molar-refractivity contribution in [3.8, 4) is 5.69 Å². The van der Waals surface area contributed by atoms with Crippen molar-refractivity contribution < 1.29 is 14.0 Å². The van der Waals surface area contributed by atoms with Crippen LogP contribution < -0.4 is 10.6 Å². The number of nitrogens with one attached hydrogen (secondary N) is 2. The average Bonchev–Trinajstić information content (AvgIpc) is 3.16. The third kappa shape index (κ3) is 6.11. The molecule has 1 heterocycles. The number of thioether (sulfide) groups is 1. The number of hydrogen-bond acceptors (Lipinski definition) is 6. The van der Waals surface area contributed by atoms with Gasteiger partial charge in [-0.3, -0.25) is 9.59 Å². The predicted molar refractivity (Wildman–Crippen MR) is 107 cm³/mol. The Morgan fingerprint density at radius 3 is 2.72 bits per heavy atom. The van der Waals surface area contributed by atoms with E-state index in [1.54, 1.807) is 36.4 Å². The molecule has 0 bridgehead atoms. The Morgan fingerprint density at radius 2 is 1.97 bits per heavy atom. The first kappa shape index (κ1) is 20.5. The number of carbonyl (C=O) groups is 2. The van der Waals surface area contributed by atoms with Gasteiger partial charge in [0.25, 0.3) is 0 Å². The highest BCUT2D eigenvalue weighted by molar-refractivity contribution is 7.99. The van der Waals surface area contributed by atoms with Crippen LogP contribution in [0.2, 0.25) is 0 Å². The van der Waals surface area contributed by atoms with Crippen LogP contribution >= 0.6 is 11.8 Å². The summed E-state index contributed by atoms with van der Waals surface area (Å²) in [7, 11) is 0. The molecule has 10 heteroatoms. The highest BCUT2D eigenvalue weighted by atomic mass is 32.2. The largest absolute Gasteiger partial charge is 0.355 e. The number of rotatable bonds is 8. The van der Waals surface area contributed by atoms with Crippen LogP contribution in [0, 0.1) is 5.82 Å². The maximum Gasteiger partial charge on any atom is 0.230 e. The quantitative estimate of drug-likeness (QED) is 0.548. The fourth-order valence-corrected chi connectivity index (χ4v) is 3.25. The summed E-state index contributed by atoms with van der Waals surface area (Å²) in [4.78, 5) is 23.3. The van der Waals surface area contributed by atoms with Crippen molar-refractivity contribution in [2.24, 2.45) is 0 Å². The van der Waals surface area contributed by atoms with Crippen LogP contribution in [0.4, 0.5) is 10.1 Å². The molecule has 2 aromatic carbocycles. The van der Waals surface area contributed by atoms with Gasteiger partial charge in [0.1, 0.15) is 5.82 Å². The van der Waals surface area contributed by atoms with Crippen LogP contribution in [0.3, 0.4) is 0 Å². The van der Waals surface area contributed by atoms with Crippen molar-refractivity contribution in [2.75, 3.05) is 17.6 Å². The minimum Gasteiger partial charge on any atom is -0.355 e. The van der Waals surface area contributed by atoms with Crippen molar-refractivity contribution >= 4 is 29.3 Å². The lowest BCUT2D eigenvalue weighted by molar-refractivity contribution is -0.118. The molecule has 8 nitrogen and oxygen atoms in total. The minimum absolute atomic E-state index is 0.148. The lowest BCUT2D eigenvalue weighted by Crippen LogP contribution is -2.27. The van der Waals surface area contributed by atoms with E-state index < -0.39 is 0 Å². The number of carbonyl (C=O) groups excluding carboxylic acids is 2. The molecule has 0 unspecified atom stereocenters. The number of nitrogens with zero attached hydrogens (tertiary/aromatic N) is 4. The molecule has 0 aliphatic rings. The van der Waals surface area contributed by atoms with E-state index in [4.69, 9.17) is 0 Å². The molecule has 29 heavy (non-hydrogen) atoms. The van der Waals surface area contributed by atoms with Gasteiger partial charge in [-0.05, 0) is 52.7 Å². The van der Waals surface area contributed by atoms with E-state index in [1.807, 2.05) is 0 Å². The minimum atomic E-state index is -0.283. The zero-order valence-electron chi connectivity index (χ0n) is 15.6. The highest BCUT2D eigenvalue weighted by Gasteiger charge is 2.12. The number of hydrogen-bond donors (Lipinski definition) is 2. The molecular formula is C19H19FN6O2S. The van der Waals surface area contributed by atoms with Gasteiger partial charge in [-0.2, -0.15) is 4.68 Å². The van der Waals surface area contributed by atoms with Crippen LogP contribution in [0.25, 0.3) is 5.69 Å². The van der Waals surface area contributed by atoms with Gasteiger partial charge in [0.15, 0.2) is 0 Å². The van der Waals surface area contributed by atoms with Gasteiger partial charge < -0.3 is 10.6 Å². The smallest absolute Gasteiger partial charge is 0.230 e. The monoisotopic (exact) mass is 414 g/mol. The second kappa shape index (κ2) is 9.78. The predicted octanol–water partition coefficient (Wildman–Crippen LogP) is 2.21. The van der Waals surface area contributed by atoms with Gasteiger partial charge in [-0.15, -0.1) is 5.10 Å². The second-order valence-electron chi connectivity index (χ2n) is 6.12. The van der Waals surface area contributed by atoms with Crippen LogP contribution in [0.5, 0.6) is 0 Å². The fourth-order valence-electron chi connectivity index (χ4n) is 2.53. The van der Waals surface area contributed by atoms with Crippen LogP contribution in [-0.4, -0.2) is 44.3 Å². The van der Waals surface area contributed by atoms with E-state index in [-0.39, 0.29) is 23.4 Å². The topological polar surface area (TPSA) is 102 Å². The molecule has 0 saturated heterocycles. The zero-order valence-corrected chi connectivity index (χ0v) is 16.4. The molecule has 2 N–H and O–H groups in total. The highest BCUT2D eigenvalue weighted by Crippen LogP contribution is 2.20. The van der Waals surface area contributed by atoms with E-state index in [2.05, 4.69) is 26.2 Å². The van der Waals surface area contributed by atoms with Crippen LogP contribution in [0.1, 0.15) is 12.5 Å². The Bertz CT molecular complexity index is 992. The first-order valence-electron chi connectivity index (χ1n) is 8.81. The molecule has 150 valence electrons. The fraction of sp³-hybridized carbons (Fsp3) is 0.211. The molecule has 3 aromatic rings. The number of aromatic nitrogens is 4. The summed E-state index contributed by atoms with van der Waals surface area (Å²) >= 11 is 1.20. The number of anilines is 1. The lowest BCUT2D eigenvalue weighted by Gasteiger charge is -2.08. The third-order valence-electron chi connectivity index (χ3n) is 3.83. The summed E-state index contributed by atoms with van der Waals surface area (Å²) in [6, 6.07) is 13.3. The van der Waals surface area contributed by atoms with Crippen molar-refractivity contribution in [1.29, 1.82) is 0 Å². The summed E-state index contributed by atoms with van der Waals surface area (Å²) in [5.41, 5.74) is 2.24. The summed E-state index contributed by atoms with van der Waals surface area (Å²) in [5.74, 6) is -0.464. The van der Waals surface area contributed by atoms with E-state index in [0.717, 1.165) is 5.56 Å². The molecule has 1 aromatic heterocycles. The maximum absolute atomic E-state index is 12.9. The van der Waals surface area contributed by atoms with Crippen LogP contribution in [-0.2, 0) is 16.0 Å². The molecule has 0 aliphatic heterocycles. The second-order valence-corrected chi connectivity index (χ2v) is 7.06. The van der Waals surface area contributed by atoms with Crippen molar-refractivity contribution in [2.45, 2.75) is 18.5 Å². The van der Waals surface area contributed by atoms with Gasteiger partial charge >= 0.3 is 0 Å². The molecule has 0 fully saturated rings. The molecule has 0 aliphatic carbocycles. The van der Waals surface area contributed by atoms with E-state index in [1.165, 1.54) is 35.5 Å². The Balaban J connectivity index is 1.53. The SMILES string of the molecule is CC(=O)Nc1cccc(-n2nnnc2SCC(=O)NCCc2ccc(F)cc2)c1. The van der Waals surface area contributed by atoms with Crippen molar-refractivity contribution in [1.82, 2.24) is 25.5 Å². The van der Waals surface area contributed by atoms with Gasteiger partial charge in [-0.25, -0.2) is 4.39 Å².